The fourth-order valence-electron chi connectivity index (χ4n) is 1.86. The Morgan fingerprint density at radius 2 is 2.06 bits per heavy atom. The molecule has 96 valence electrons. The molecule has 4 heteroatoms. The van der Waals surface area contributed by atoms with Crippen LogP contribution in [0.5, 0.6) is 0 Å². The van der Waals surface area contributed by atoms with Crippen molar-refractivity contribution in [1.82, 2.24) is 9.97 Å². The number of hydrogen-bond donors (Lipinski definition) is 1. The van der Waals surface area contributed by atoms with Gasteiger partial charge in [-0.15, -0.1) is 0 Å². The summed E-state index contributed by atoms with van der Waals surface area (Å²) in [6.07, 6.45) is 0.909. The standard InChI is InChI=1S/C14H19N3O/c1-5-12-8-14(17-11(4)16-12)15-10(3)13-7-6-9(2)18-13/h6-8,10H,5H2,1-4H3,(H,15,16,17). The first kappa shape index (κ1) is 12.6. The number of aromatic nitrogens is 2. The van der Waals surface area contributed by atoms with Gasteiger partial charge in [0.2, 0.25) is 0 Å². The molecule has 1 atom stereocenters. The lowest BCUT2D eigenvalue weighted by atomic mass is 10.2. The van der Waals surface area contributed by atoms with Crippen molar-refractivity contribution < 1.29 is 4.42 Å². The molecule has 2 heterocycles. The number of aryl methyl sites for hydroxylation is 3. The molecule has 0 saturated heterocycles. The zero-order valence-electron chi connectivity index (χ0n) is 11.3. The van der Waals surface area contributed by atoms with Gasteiger partial charge in [0.15, 0.2) is 0 Å². The van der Waals surface area contributed by atoms with E-state index in [4.69, 9.17) is 4.42 Å². The Morgan fingerprint density at radius 3 is 2.67 bits per heavy atom. The lowest BCUT2D eigenvalue weighted by Crippen LogP contribution is -2.09. The summed E-state index contributed by atoms with van der Waals surface area (Å²) in [5.41, 5.74) is 1.05. The first-order valence-corrected chi connectivity index (χ1v) is 6.26. The van der Waals surface area contributed by atoms with Crippen molar-refractivity contribution >= 4 is 5.82 Å². The number of furan rings is 1. The molecule has 1 unspecified atom stereocenters. The van der Waals surface area contributed by atoms with E-state index in [1.807, 2.05) is 32.0 Å². The van der Waals surface area contributed by atoms with Gasteiger partial charge in [0.1, 0.15) is 23.2 Å². The maximum Gasteiger partial charge on any atom is 0.130 e. The highest BCUT2D eigenvalue weighted by atomic mass is 16.3. The Kier molecular flexibility index (Phi) is 3.65. The summed E-state index contributed by atoms with van der Waals surface area (Å²) in [6, 6.07) is 6.04. The third-order valence-corrected chi connectivity index (χ3v) is 2.81. The van der Waals surface area contributed by atoms with Crippen molar-refractivity contribution in [3.63, 3.8) is 0 Å². The second-order valence-corrected chi connectivity index (χ2v) is 4.46. The highest BCUT2D eigenvalue weighted by Gasteiger charge is 2.10. The van der Waals surface area contributed by atoms with Gasteiger partial charge in [-0.2, -0.15) is 0 Å². The van der Waals surface area contributed by atoms with Crippen LogP contribution in [0.3, 0.4) is 0 Å². The molecule has 0 bridgehead atoms. The molecule has 2 rings (SSSR count). The van der Waals surface area contributed by atoms with Crippen LogP contribution in [0.2, 0.25) is 0 Å². The Bertz CT molecular complexity index is 534. The van der Waals surface area contributed by atoms with Crippen LogP contribution >= 0.6 is 0 Å². The van der Waals surface area contributed by atoms with Gasteiger partial charge in [0.25, 0.3) is 0 Å². The lowest BCUT2D eigenvalue weighted by molar-refractivity contribution is 0.466. The first-order valence-electron chi connectivity index (χ1n) is 6.26. The fourth-order valence-corrected chi connectivity index (χ4v) is 1.86. The van der Waals surface area contributed by atoms with Gasteiger partial charge in [-0.25, -0.2) is 9.97 Å². The topological polar surface area (TPSA) is 51.0 Å². The highest BCUT2D eigenvalue weighted by Crippen LogP contribution is 2.20. The van der Waals surface area contributed by atoms with E-state index >= 15 is 0 Å². The number of rotatable bonds is 4. The minimum Gasteiger partial charge on any atom is -0.464 e. The van der Waals surface area contributed by atoms with E-state index in [9.17, 15) is 0 Å². The van der Waals surface area contributed by atoms with Crippen molar-refractivity contribution in [3.05, 3.63) is 41.2 Å². The number of nitrogens with zero attached hydrogens (tertiary/aromatic N) is 2. The summed E-state index contributed by atoms with van der Waals surface area (Å²) in [6.45, 7) is 8.00. The van der Waals surface area contributed by atoms with E-state index in [2.05, 4.69) is 29.1 Å². The molecule has 0 aromatic carbocycles. The summed E-state index contributed by atoms with van der Waals surface area (Å²) in [7, 11) is 0. The second-order valence-electron chi connectivity index (χ2n) is 4.46. The second kappa shape index (κ2) is 5.21. The van der Waals surface area contributed by atoms with Gasteiger partial charge in [-0.05, 0) is 39.3 Å². The monoisotopic (exact) mass is 245 g/mol. The molecule has 0 radical (unpaired) electrons. The van der Waals surface area contributed by atoms with Crippen LogP contribution < -0.4 is 5.32 Å². The van der Waals surface area contributed by atoms with Gasteiger partial charge in [0, 0.05) is 11.8 Å². The average molecular weight is 245 g/mol. The Morgan fingerprint density at radius 1 is 1.28 bits per heavy atom. The predicted molar refractivity (Wildman–Crippen MR) is 71.6 cm³/mol. The Balaban J connectivity index is 2.16. The minimum atomic E-state index is 0.0951. The predicted octanol–water partition coefficient (Wildman–Crippen LogP) is 3.42. The molecular formula is C14H19N3O. The summed E-state index contributed by atoms with van der Waals surface area (Å²) in [5.74, 6) is 3.48. The molecule has 2 aromatic rings. The summed E-state index contributed by atoms with van der Waals surface area (Å²) in [4.78, 5) is 8.75. The number of anilines is 1. The normalized spacial score (nSPS) is 12.4. The van der Waals surface area contributed by atoms with E-state index in [1.54, 1.807) is 0 Å². The zero-order chi connectivity index (χ0) is 13.1. The summed E-state index contributed by atoms with van der Waals surface area (Å²) < 4.78 is 5.60. The van der Waals surface area contributed by atoms with Gasteiger partial charge >= 0.3 is 0 Å². The van der Waals surface area contributed by atoms with Crippen LogP contribution in [-0.2, 0) is 6.42 Å². The third kappa shape index (κ3) is 2.88. The van der Waals surface area contributed by atoms with Gasteiger partial charge in [-0.1, -0.05) is 6.92 Å². The van der Waals surface area contributed by atoms with E-state index in [0.717, 1.165) is 35.3 Å². The molecule has 0 fully saturated rings. The van der Waals surface area contributed by atoms with Gasteiger partial charge in [-0.3, -0.25) is 0 Å². The SMILES string of the molecule is CCc1cc(NC(C)c2ccc(C)o2)nc(C)n1. The fraction of sp³-hybridized carbons (Fsp3) is 0.429. The molecule has 18 heavy (non-hydrogen) atoms. The smallest absolute Gasteiger partial charge is 0.130 e. The van der Waals surface area contributed by atoms with Crippen molar-refractivity contribution in [1.29, 1.82) is 0 Å². The van der Waals surface area contributed by atoms with Crippen LogP contribution in [0.4, 0.5) is 5.82 Å². The molecular weight excluding hydrogens is 226 g/mol. The average Bonchev–Trinajstić information content (AvgIpc) is 2.75. The number of nitrogens with one attached hydrogen (secondary N) is 1. The van der Waals surface area contributed by atoms with Crippen molar-refractivity contribution in [2.24, 2.45) is 0 Å². The van der Waals surface area contributed by atoms with Gasteiger partial charge < -0.3 is 9.73 Å². The van der Waals surface area contributed by atoms with Crippen molar-refractivity contribution in [2.75, 3.05) is 5.32 Å². The molecule has 0 spiro atoms. The molecule has 0 aliphatic carbocycles. The summed E-state index contributed by atoms with van der Waals surface area (Å²) in [5, 5.41) is 3.34. The Hall–Kier alpha value is -1.84. The maximum atomic E-state index is 5.60. The molecule has 0 amide bonds. The third-order valence-electron chi connectivity index (χ3n) is 2.81. The highest BCUT2D eigenvalue weighted by molar-refractivity contribution is 5.38. The van der Waals surface area contributed by atoms with E-state index in [-0.39, 0.29) is 6.04 Å². The largest absolute Gasteiger partial charge is 0.464 e. The van der Waals surface area contributed by atoms with Crippen molar-refractivity contribution in [3.8, 4) is 0 Å². The quantitative estimate of drug-likeness (QED) is 0.896. The lowest BCUT2D eigenvalue weighted by Gasteiger charge is -2.13. The van der Waals surface area contributed by atoms with Gasteiger partial charge in [0.05, 0.1) is 6.04 Å². The van der Waals surface area contributed by atoms with Crippen LogP contribution in [0, 0.1) is 13.8 Å². The van der Waals surface area contributed by atoms with Crippen molar-refractivity contribution in [2.45, 2.75) is 40.2 Å². The molecule has 4 nitrogen and oxygen atoms in total. The van der Waals surface area contributed by atoms with E-state index < -0.39 is 0 Å². The Labute approximate surface area is 107 Å². The molecule has 1 N–H and O–H groups in total. The molecule has 2 aromatic heterocycles. The van der Waals surface area contributed by atoms with Crippen LogP contribution in [-0.4, -0.2) is 9.97 Å². The zero-order valence-corrected chi connectivity index (χ0v) is 11.3. The maximum absolute atomic E-state index is 5.60. The number of hydrogen-bond acceptors (Lipinski definition) is 4. The molecule has 0 aliphatic heterocycles. The molecule has 0 aliphatic rings. The van der Waals surface area contributed by atoms with E-state index in [0.29, 0.717) is 0 Å². The van der Waals surface area contributed by atoms with Crippen LogP contribution in [0.15, 0.2) is 22.6 Å². The van der Waals surface area contributed by atoms with Crippen LogP contribution in [0.25, 0.3) is 0 Å². The minimum absolute atomic E-state index is 0.0951. The summed E-state index contributed by atoms with van der Waals surface area (Å²) >= 11 is 0. The first-order chi connectivity index (χ1) is 8.58. The van der Waals surface area contributed by atoms with E-state index in [1.165, 1.54) is 0 Å². The van der Waals surface area contributed by atoms with Crippen LogP contribution in [0.1, 0.15) is 42.9 Å². The molecule has 0 saturated carbocycles.